The zero-order valence-electron chi connectivity index (χ0n) is 14.9. The Morgan fingerprint density at radius 3 is 2.28 bits per heavy atom. The summed E-state index contributed by atoms with van der Waals surface area (Å²) in [6.07, 6.45) is 2.32. The van der Waals surface area contributed by atoms with Gasteiger partial charge in [-0.05, 0) is 44.0 Å². The lowest BCUT2D eigenvalue weighted by molar-refractivity contribution is -0.142. The van der Waals surface area contributed by atoms with Crippen LogP contribution in [-0.4, -0.2) is 60.9 Å². The molecule has 2 aliphatic rings. The summed E-state index contributed by atoms with van der Waals surface area (Å²) in [6.45, 7) is 6.56. The van der Waals surface area contributed by atoms with Crippen LogP contribution in [0.15, 0.2) is 24.3 Å². The summed E-state index contributed by atoms with van der Waals surface area (Å²) in [5.41, 5.74) is 2.25. The number of nitrogens with one attached hydrogen (secondary N) is 1. The molecule has 2 aliphatic heterocycles. The van der Waals surface area contributed by atoms with Crippen LogP contribution < -0.4 is 5.32 Å². The summed E-state index contributed by atoms with van der Waals surface area (Å²) in [5.74, 6) is 0.612. The Morgan fingerprint density at radius 2 is 1.64 bits per heavy atom. The van der Waals surface area contributed by atoms with Gasteiger partial charge in [-0.3, -0.25) is 9.59 Å². The molecule has 25 heavy (non-hydrogen) atoms. The first-order valence-corrected chi connectivity index (χ1v) is 8.97. The molecule has 1 aromatic carbocycles. The van der Waals surface area contributed by atoms with Gasteiger partial charge in [-0.1, -0.05) is 24.3 Å². The number of piperidine rings is 1. The Labute approximate surface area is 156 Å². The van der Waals surface area contributed by atoms with Gasteiger partial charge in [-0.25, -0.2) is 0 Å². The van der Waals surface area contributed by atoms with Crippen LogP contribution >= 0.6 is 12.4 Å². The molecule has 2 saturated heterocycles. The monoisotopic (exact) mass is 365 g/mol. The number of benzene rings is 1. The van der Waals surface area contributed by atoms with E-state index >= 15 is 0 Å². The number of rotatable bonds is 3. The van der Waals surface area contributed by atoms with E-state index in [1.165, 1.54) is 0 Å². The lowest BCUT2D eigenvalue weighted by atomic mass is 9.96. The zero-order valence-corrected chi connectivity index (χ0v) is 15.7. The standard InChI is InChI=1S/C19H27N3O2.ClH/c1-15-4-2-3-5-17(15)14-18(23)21-10-12-22(13-11-21)19(24)16-6-8-20-9-7-16;/h2-5,16,20H,6-14H2,1H3;1H. The topological polar surface area (TPSA) is 52.7 Å². The van der Waals surface area contributed by atoms with Crippen molar-refractivity contribution in [1.29, 1.82) is 0 Å². The van der Waals surface area contributed by atoms with Gasteiger partial charge in [0.05, 0.1) is 6.42 Å². The molecule has 0 atom stereocenters. The number of hydrogen-bond acceptors (Lipinski definition) is 3. The number of amides is 2. The molecule has 1 N–H and O–H groups in total. The largest absolute Gasteiger partial charge is 0.339 e. The third kappa shape index (κ3) is 4.95. The maximum Gasteiger partial charge on any atom is 0.227 e. The van der Waals surface area contributed by atoms with E-state index < -0.39 is 0 Å². The highest BCUT2D eigenvalue weighted by Gasteiger charge is 2.29. The Bertz CT molecular complexity index is 594. The molecular weight excluding hydrogens is 338 g/mol. The number of nitrogens with zero attached hydrogens (tertiary/aromatic N) is 2. The zero-order chi connectivity index (χ0) is 16.9. The van der Waals surface area contributed by atoms with Gasteiger partial charge in [-0.15, -0.1) is 12.4 Å². The van der Waals surface area contributed by atoms with Crippen LogP contribution in [-0.2, 0) is 16.0 Å². The fourth-order valence-electron chi connectivity index (χ4n) is 3.59. The average molecular weight is 366 g/mol. The second-order valence-electron chi connectivity index (χ2n) is 6.83. The van der Waals surface area contributed by atoms with Gasteiger partial charge in [0.25, 0.3) is 0 Å². The third-order valence-electron chi connectivity index (χ3n) is 5.24. The van der Waals surface area contributed by atoms with Gasteiger partial charge in [-0.2, -0.15) is 0 Å². The molecule has 2 heterocycles. The van der Waals surface area contributed by atoms with E-state index in [9.17, 15) is 9.59 Å². The average Bonchev–Trinajstić information content (AvgIpc) is 2.64. The minimum Gasteiger partial charge on any atom is -0.339 e. The van der Waals surface area contributed by atoms with Crippen molar-refractivity contribution < 1.29 is 9.59 Å². The van der Waals surface area contributed by atoms with Gasteiger partial charge in [0, 0.05) is 32.1 Å². The van der Waals surface area contributed by atoms with E-state index in [4.69, 9.17) is 0 Å². The molecule has 0 spiro atoms. The van der Waals surface area contributed by atoms with E-state index in [0.717, 1.165) is 37.1 Å². The highest BCUT2D eigenvalue weighted by molar-refractivity contribution is 5.85. The normalized spacial score (nSPS) is 18.6. The quantitative estimate of drug-likeness (QED) is 0.885. The first kappa shape index (κ1) is 19.7. The van der Waals surface area contributed by atoms with Crippen molar-refractivity contribution in [3.8, 4) is 0 Å². The number of hydrogen-bond donors (Lipinski definition) is 1. The maximum absolute atomic E-state index is 12.6. The van der Waals surface area contributed by atoms with Crippen LogP contribution in [0.3, 0.4) is 0 Å². The molecule has 2 amide bonds. The number of aryl methyl sites for hydroxylation is 1. The van der Waals surface area contributed by atoms with E-state index in [2.05, 4.69) is 5.32 Å². The van der Waals surface area contributed by atoms with Crippen molar-refractivity contribution >= 4 is 24.2 Å². The molecule has 138 valence electrons. The van der Waals surface area contributed by atoms with E-state index in [0.29, 0.717) is 32.6 Å². The van der Waals surface area contributed by atoms with Crippen molar-refractivity contribution in [1.82, 2.24) is 15.1 Å². The lowest BCUT2D eigenvalue weighted by Crippen LogP contribution is -2.53. The SMILES string of the molecule is Cc1ccccc1CC(=O)N1CCN(C(=O)C2CCNCC2)CC1.Cl. The Morgan fingerprint density at radius 1 is 1.04 bits per heavy atom. The van der Waals surface area contributed by atoms with Crippen molar-refractivity contribution in [3.05, 3.63) is 35.4 Å². The molecular formula is C19H28ClN3O2. The van der Waals surface area contributed by atoms with Gasteiger partial charge >= 0.3 is 0 Å². The van der Waals surface area contributed by atoms with Crippen LogP contribution in [0.4, 0.5) is 0 Å². The molecule has 0 bridgehead atoms. The number of piperazine rings is 1. The molecule has 5 nitrogen and oxygen atoms in total. The molecule has 0 radical (unpaired) electrons. The fraction of sp³-hybridized carbons (Fsp3) is 0.579. The van der Waals surface area contributed by atoms with Gasteiger partial charge < -0.3 is 15.1 Å². The van der Waals surface area contributed by atoms with Gasteiger partial charge in [0.2, 0.25) is 11.8 Å². The maximum atomic E-state index is 12.6. The second kappa shape index (κ2) is 9.20. The predicted octanol–water partition coefficient (Wildman–Crippen LogP) is 1.63. The molecule has 1 aromatic rings. The third-order valence-corrected chi connectivity index (χ3v) is 5.24. The lowest BCUT2D eigenvalue weighted by Gasteiger charge is -2.37. The summed E-state index contributed by atoms with van der Waals surface area (Å²) < 4.78 is 0. The molecule has 0 unspecified atom stereocenters. The Balaban J connectivity index is 0.00000225. The Kier molecular flexibility index (Phi) is 7.26. The summed E-state index contributed by atoms with van der Waals surface area (Å²) in [5, 5.41) is 3.30. The van der Waals surface area contributed by atoms with Crippen LogP contribution in [0.2, 0.25) is 0 Å². The minimum atomic E-state index is 0. The number of carbonyl (C=O) groups excluding carboxylic acids is 2. The molecule has 0 saturated carbocycles. The smallest absolute Gasteiger partial charge is 0.227 e. The van der Waals surface area contributed by atoms with Crippen LogP contribution in [0.1, 0.15) is 24.0 Å². The summed E-state index contributed by atoms with van der Waals surface area (Å²) in [4.78, 5) is 28.9. The molecule has 6 heteroatoms. The fourth-order valence-corrected chi connectivity index (χ4v) is 3.59. The van der Waals surface area contributed by atoms with Crippen molar-refractivity contribution in [2.75, 3.05) is 39.3 Å². The van der Waals surface area contributed by atoms with Gasteiger partial charge in [0.1, 0.15) is 0 Å². The van der Waals surface area contributed by atoms with Crippen LogP contribution in [0.5, 0.6) is 0 Å². The van der Waals surface area contributed by atoms with Crippen LogP contribution in [0, 0.1) is 12.8 Å². The molecule has 0 aromatic heterocycles. The first-order valence-electron chi connectivity index (χ1n) is 8.97. The van der Waals surface area contributed by atoms with Crippen molar-refractivity contribution in [3.63, 3.8) is 0 Å². The second-order valence-corrected chi connectivity index (χ2v) is 6.83. The minimum absolute atomic E-state index is 0. The van der Waals surface area contributed by atoms with Crippen LogP contribution in [0.25, 0.3) is 0 Å². The van der Waals surface area contributed by atoms with E-state index in [-0.39, 0.29) is 30.1 Å². The van der Waals surface area contributed by atoms with Crippen molar-refractivity contribution in [2.45, 2.75) is 26.2 Å². The number of carbonyl (C=O) groups is 2. The Hall–Kier alpha value is -1.59. The molecule has 0 aliphatic carbocycles. The number of halogens is 1. The predicted molar refractivity (Wildman–Crippen MR) is 101 cm³/mol. The molecule has 3 rings (SSSR count). The van der Waals surface area contributed by atoms with E-state index in [1.807, 2.05) is 41.0 Å². The summed E-state index contributed by atoms with van der Waals surface area (Å²) >= 11 is 0. The van der Waals surface area contributed by atoms with Crippen molar-refractivity contribution in [2.24, 2.45) is 5.92 Å². The van der Waals surface area contributed by atoms with E-state index in [1.54, 1.807) is 0 Å². The highest BCUT2D eigenvalue weighted by atomic mass is 35.5. The summed E-state index contributed by atoms with van der Waals surface area (Å²) in [7, 11) is 0. The highest BCUT2D eigenvalue weighted by Crippen LogP contribution is 2.17. The first-order chi connectivity index (χ1) is 11.6. The molecule has 2 fully saturated rings. The summed E-state index contributed by atoms with van der Waals surface area (Å²) in [6, 6.07) is 8.03. The van der Waals surface area contributed by atoms with Gasteiger partial charge in [0.15, 0.2) is 0 Å².